The van der Waals surface area contributed by atoms with Crippen molar-refractivity contribution in [2.24, 2.45) is 5.92 Å². The lowest BCUT2D eigenvalue weighted by Gasteiger charge is -2.29. The van der Waals surface area contributed by atoms with Crippen molar-refractivity contribution in [1.82, 2.24) is 10.6 Å². The molecular formula is C23H28N2O4. The first-order valence-electron chi connectivity index (χ1n) is 10.2. The highest BCUT2D eigenvalue weighted by molar-refractivity contribution is 5.91. The minimum absolute atomic E-state index is 0.148. The molecule has 6 nitrogen and oxygen atoms in total. The van der Waals surface area contributed by atoms with Gasteiger partial charge in [0.2, 0.25) is 5.91 Å². The van der Waals surface area contributed by atoms with E-state index in [0.29, 0.717) is 5.92 Å². The monoisotopic (exact) mass is 396 g/mol. The van der Waals surface area contributed by atoms with Crippen LogP contribution in [0.1, 0.15) is 38.2 Å². The highest BCUT2D eigenvalue weighted by Crippen LogP contribution is 2.23. The molecule has 1 fully saturated rings. The Kier molecular flexibility index (Phi) is 7.22. The maximum Gasteiger partial charge on any atom is 0.325 e. The Morgan fingerprint density at radius 2 is 1.76 bits per heavy atom. The first-order valence-corrected chi connectivity index (χ1v) is 10.2. The number of rotatable bonds is 7. The molecule has 3 rings (SSSR count). The normalized spacial score (nSPS) is 18.8. The molecule has 0 unspecified atom stereocenters. The average Bonchev–Trinajstić information content (AvgIpc) is 2.73. The molecular weight excluding hydrogens is 368 g/mol. The Labute approximate surface area is 171 Å². The zero-order valence-electron chi connectivity index (χ0n) is 16.8. The number of benzene rings is 2. The van der Waals surface area contributed by atoms with Crippen molar-refractivity contribution in [3.63, 3.8) is 0 Å². The van der Waals surface area contributed by atoms with Crippen molar-refractivity contribution in [2.75, 3.05) is 13.2 Å². The van der Waals surface area contributed by atoms with Gasteiger partial charge in [-0.3, -0.25) is 14.4 Å². The van der Waals surface area contributed by atoms with Gasteiger partial charge in [0.1, 0.15) is 6.54 Å². The Morgan fingerprint density at radius 3 is 2.59 bits per heavy atom. The molecule has 2 aromatic carbocycles. The van der Waals surface area contributed by atoms with E-state index in [0.717, 1.165) is 35.6 Å². The molecule has 29 heavy (non-hydrogen) atoms. The van der Waals surface area contributed by atoms with E-state index in [-0.39, 0.29) is 37.4 Å². The second kappa shape index (κ2) is 10.0. The van der Waals surface area contributed by atoms with Crippen molar-refractivity contribution < 1.29 is 19.1 Å². The number of amides is 2. The van der Waals surface area contributed by atoms with Crippen molar-refractivity contribution >= 4 is 28.6 Å². The van der Waals surface area contributed by atoms with Gasteiger partial charge in [0.15, 0.2) is 6.61 Å². The fraction of sp³-hybridized carbons (Fsp3) is 0.435. The van der Waals surface area contributed by atoms with Crippen LogP contribution in [-0.4, -0.2) is 37.0 Å². The molecule has 0 radical (unpaired) electrons. The van der Waals surface area contributed by atoms with E-state index in [1.165, 1.54) is 6.42 Å². The van der Waals surface area contributed by atoms with Gasteiger partial charge in [0.25, 0.3) is 5.91 Å². The van der Waals surface area contributed by atoms with E-state index in [1.54, 1.807) is 0 Å². The number of fused-ring (bicyclic) bond motifs is 1. The van der Waals surface area contributed by atoms with E-state index < -0.39 is 5.97 Å². The van der Waals surface area contributed by atoms with Gasteiger partial charge in [-0.25, -0.2) is 0 Å². The molecule has 154 valence electrons. The topological polar surface area (TPSA) is 84.5 Å². The average molecular weight is 396 g/mol. The molecule has 0 bridgehead atoms. The lowest BCUT2D eigenvalue weighted by Crippen LogP contribution is -2.43. The van der Waals surface area contributed by atoms with E-state index in [2.05, 4.69) is 17.6 Å². The van der Waals surface area contributed by atoms with Crippen molar-refractivity contribution in [2.45, 2.75) is 45.1 Å². The summed E-state index contributed by atoms with van der Waals surface area (Å²) in [5.41, 5.74) is 0.898. The zero-order chi connectivity index (χ0) is 20.6. The molecule has 2 atom stereocenters. The number of ether oxygens (including phenoxy) is 1. The zero-order valence-corrected chi connectivity index (χ0v) is 16.8. The largest absolute Gasteiger partial charge is 0.454 e. The smallest absolute Gasteiger partial charge is 0.325 e. The Bertz CT molecular complexity index is 875. The van der Waals surface area contributed by atoms with Crippen LogP contribution in [-0.2, 0) is 25.5 Å². The SMILES string of the molecule is C[C@@H]1CCCC[C@@H]1NC(=O)COC(=O)CNC(=O)Cc1cccc2ccccc12. The third kappa shape index (κ3) is 6.04. The summed E-state index contributed by atoms with van der Waals surface area (Å²) in [6.07, 6.45) is 4.55. The summed E-state index contributed by atoms with van der Waals surface area (Å²) in [4.78, 5) is 36.0. The number of nitrogens with one attached hydrogen (secondary N) is 2. The van der Waals surface area contributed by atoms with Crippen LogP contribution >= 0.6 is 0 Å². The predicted molar refractivity (Wildman–Crippen MR) is 111 cm³/mol. The first kappa shape index (κ1) is 20.8. The van der Waals surface area contributed by atoms with Gasteiger partial charge < -0.3 is 15.4 Å². The third-order valence-electron chi connectivity index (χ3n) is 5.48. The van der Waals surface area contributed by atoms with Gasteiger partial charge in [0.05, 0.1) is 6.42 Å². The second-order valence-corrected chi connectivity index (χ2v) is 7.69. The molecule has 6 heteroatoms. The molecule has 0 saturated heterocycles. The van der Waals surface area contributed by atoms with E-state index in [4.69, 9.17) is 4.74 Å². The lowest BCUT2D eigenvalue weighted by atomic mass is 9.86. The summed E-state index contributed by atoms with van der Waals surface area (Å²) in [6.45, 7) is 1.56. The molecule has 2 aromatic rings. The predicted octanol–water partition coefficient (Wildman–Crippen LogP) is 2.74. The summed E-state index contributed by atoms with van der Waals surface area (Å²) < 4.78 is 4.99. The third-order valence-corrected chi connectivity index (χ3v) is 5.48. The van der Waals surface area contributed by atoms with E-state index >= 15 is 0 Å². The number of carbonyl (C=O) groups excluding carboxylic acids is 3. The molecule has 2 N–H and O–H groups in total. The van der Waals surface area contributed by atoms with Crippen LogP contribution in [0.5, 0.6) is 0 Å². The van der Waals surface area contributed by atoms with Gasteiger partial charge in [-0.05, 0) is 35.1 Å². The van der Waals surface area contributed by atoms with Gasteiger partial charge in [0, 0.05) is 6.04 Å². The highest BCUT2D eigenvalue weighted by Gasteiger charge is 2.23. The molecule has 0 spiro atoms. The Balaban J connectivity index is 1.39. The van der Waals surface area contributed by atoms with E-state index in [9.17, 15) is 14.4 Å². The minimum Gasteiger partial charge on any atom is -0.454 e. The van der Waals surface area contributed by atoms with Crippen LogP contribution in [0.3, 0.4) is 0 Å². The van der Waals surface area contributed by atoms with Crippen molar-refractivity contribution in [3.8, 4) is 0 Å². The summed E-state index contributed by atoms with van der Waals surface area (Å²) in [5.74, 6) is -0.738. The van der Waals surface area contributed by atoms with Gasteiger partial charge in [-0.1, -0.05) is 62.2 Å². The van der Waals surface area contributed by atoms with Crippen LogP contribution in [0.4, 0.5) is 0 Å². The maximum atomic E-state index is 12.2. The van der Waals surface area contributed by atoms with Crippen LogP contribution in [0.15, 0.2) is 42.5 Å². The molecule has 0 aliphatic heterocycles. The summed E-state index contributed by atoms with van der Waals surface area (Å²) in [5, 5.41) is 7.58. The van der Waals surface area contributed by atoms with E-state index in [1.807, 2.05) is 42.5 Å². The lowest BCUT2D eigenvalue weighted by molar-refractivity contribution is -0.148. The first-order chi connectivity index (χ1) is 14.0. The number of hydrogen-bond acceptors (Lipinski definition) is 4. The summed E-state index contributed by atoms with van der Waals surface area (Å²) >= 11 is 0. The quantitative estimate of drug-likeness (QED) is 0.705. The van der Waals surface area contributed by atoms with Crippen LogP contribution < -0.4 is 10.6 Å². The van der Waals surface area contributed by atoms with Crippen LogP contribution in [0, 0.1) is 5.92 Å². The van der Waals surface area contributed by atoms with Crippen LogP contribution in [0.2, 0.25) is 0 Å². The highest BCUT2D eigenvalue weighted by atomic mass is 16.5. The molecule has 0 heterocycles. The second-order valence-electron chi connectivity index (χ2n) is 7.69. The molecule has 2 amide bonds. The Morgan fingerprint density at radius 1 is 1.00 bits per heavy atom. The van der Waals surface area contributed by atoms with Crippen molar-refractivity contribution in [3.05, 3.63) is 48.0 Å². The minimum atomic E-state index is -0.622. The molecule has 0 aromatic heterocycles. The molecule has 1 aliphatic carbocycles. The fourth-order valence-electron chi connectivity index (χ4n) is 3.83. The van der Waals surface area contributed by atoms with Crippen LogP contribution in [0.25, 0.3) is 10.8 Å². The standard InChI is InChI=1S/C23H28N2O4/c1-16-7-2-5-12-20(16)25-22(27)15-29-23(28)14-24-21(26)13-18-10-6-9-17-8-3-4-11-19(17)18/h3-4,6,8-11,16,20H,2,5,7,12-15H2,1H3,(H,24,26)(H,25,27)/t16-,20+/m1/s1. The fourth-order valence-corrected chi connectivity index (χ4v) is 3.83. The maximum absolute atomic E-state index is 12.2. The number of hydrogen-bond donors (Lipinski definition) is 2. The van der Waals surface area contributed by atoms with Crippen molar-refractivity contribution in [1.29, 1.82) is 0 Å². The summed E-state index contributed by atoms with van der Waals surface area (Å²) in [6, 6.07) is 13.8. The van der Waals surface area contributed by atoms with Gasteiger partial charge in [-0.15, -0.1) is 0 Å². The van der Waals surface area contributed by atoms with Gasteiger partial charge >= 0.3 is 5.97 Å². The summed E-state index contributed by atoms with van der Waals surface area (Å²) in [7, 11) is 0. The molecule has 1 aliphatic rings. The van der Waals surface area contributed by atoms with Gasteiger partial charge in [-0.2, -0.15) is 0 Å². The Hall–Kier alpha value is -2.89. The molecule has 1 saturated carbocycles. The number of esters is 1. The number of carbonyl (C=O) groups is 3.